The summed E-state index contributed by atoms with van der Waals surface area (Å²) in [5.41, 5.74) is 3.31. The highest BCUT2D eigenvalue weighted by Crippen LogP contribution is 2.35. The van der Waals surface area contributed by atoms with E-state index < -0.39 is 35.0 Å². The van der Waals surface area contributed by atoms with Crippen molar-refractivity contribution < 1.29 is 45.8 Å². The Labute approximate surface area is 217 Å². The molecule has 0 saturated heterocycles. The molecule has 37 heavy (non-hydrogen) atoms. The van der Waals surface area contributed by atoms with Crippen molar-refractivity contribution in [2.75, 3.05) is 13.7 Å². The molecule has 0 radical (unpaired) electrons. The highest BCUT2D eigenvalue weighted by atomic mass is 79.9. The van der Waals surface area contributed by atoms with Crippen molar-refractivity contribution in [3.05, 3.63) is 99.0 Å². The van der Waals surface area contributed by atoms with Gasteiger partial charge in [-0.15, -0.1) is 0 Å². The zero-order chi connectivity index (χ0) is 28.2. The number of carboxylic acid groups (broad SMARTS) is 1. The Morgan fingerprint density at radius 1 is 0.919 bits per heavy atom. The number of hydrogen-bond acceptors (Lipinski definition) is 4. The lowest BCUT2D eigenvalue weighted by molar-refractivity contribution is -0.143. The molecule has 0 aromatic heterocycles. The minimum absolute atomic E-state index is 0.0347. The standard InChI is InChI=1S/C9H4F6O.C9H13NO.C7H5BrO2/c10-8(11,12)6-1-5(4-16)2-7(3-6)9(13,14)15;1-11-9-4-2-8(3-5-9)6-7-10;8-6-3-1-5(2-4-6)7(9)10/h1-4H;2-5H,6-7,10H2,1H3;1-4H,(H,9,10). The van der Waals surface area contributed by atoms with E-state index in [-0.39, 0.29) is 12.4 Å². The molecular formula is C25H22BrF6NO4. The average Bonchev–Trinajstić information content (AvgIpc) is 2.84. The Morgan fingerprint density at radius 2 is 1.41 bits per heavy atom. The Morgan fingerprint density at radius 3 is 1.76 bits per heavy atom. The predicted molar refractivity (Wildman–Crippen MR) is 129 cm³/mol. The number of carbonyl (C=O) groups excluding carboxylic acids is 1. The summed E-state index contributed by atoms with van der Waals surface area (Å²) in [5, 5.41) is 8.46. The fourth-order valence-electron chi connectivity index (χ4n) is 2.60. The largest absolute Gasteiger partial charge is 0.497 e. The highest BCUT2D eigenvalue weighted by Gasteiger charge is 2.36. The van der Waals surface area contributed by atoms with Crippen LogP contribution in [0.3, 0.4) is 0 Å². The molecule has 3 aromatic rings. The quantitative estimate of drug-likeness (QED) is 0.248. The second-order valence-corrected chi connectivity index (χ2v) is 8.07. The summed E-state index contributed by atoms with van der Waals surface area (Å²) in [6.07, 6.45) is -8.97. The topological polar surface area (TPSA) is 89.6 Å². The van der Waals surface area contributed by atoms with Gasteiger partial charge >= 0.3 is 18.3 Å². The average molecular weight is 594 g/mol. The molecular weight excluding hydrogens is 572 g/mol. The third-order valence-electron chi connectivity index (χ3n) is 4.43. The summed E-state index contributed by atoms with van der Waals surface area (Å²) in [7, 11) is 1.66. The van der Waals surface area contributed by atoms with E-state index in [0.717, 1.165) is 16.6 Å². The maximum Gasteiger partial charge on any atom is 0.416 e. The van der Waals surface area contributed by atoms with Gasteiger partial charge in [0, 0.05) is 10.0 Å². The van der Waals surface area contributed by atoms with Gasteiger partial charge in [0.05, 0.1) is 23.8 Å². The molecule has 5 nitrogen and oxygen atoms in total. The summed E-state index contributed by atoms with van der Waals surface area (Å²) in [6, 6.07) is 15.1. The van der Waals surface area contributed by atoms with Gasteiger partial charge in [0.1, 0.15) is 12.0 Å². The fourth-order valence-corrected chi connectivity index (χ4v) is 2.86. The fraction of sp³-hybridized carbons (Fsp3) is 0.200. The molecule has 0 bridgehead atoms. The predicted octanol–water partition coefficient (Wildman–Crippen LogP) is 6.88. The Hall–Kier alpha value is -3.38. The van der Waals surface area contributed by atoms with Gasteiger partial charge in [0.15, 0.2) is 0 Å². The van der Waals surface area contributed by atoms with Crippen LogP contribution in [0.5, 0.6) is 5.75 Å². The van der Waals surface area contributed by atoms with Crippen LogP contribution in [0.15, 0.2) is 71.2 Å². The Balaban J connectivity index is 0.000000288. The zero-order valence-electron chi connectivity index (χ0n) is 19.2. The normalized spacial score (nSPS) is 10.8. The number of aromatic carboxylic acids is 1. The second-order valence-electron chi connectivity index (χ2n) is 7.16. The number of alkyl halides is 6. The number of nitrogens with two attached hydrogens (primary N) is 1. The van der Waals surface area contributed by atoms with Gasteiger partial charge in [-0.25, -0.2) is 4.79 Å². The molecule has 3 aromatic carbocycles. The lowest BCUT2D eigenvalue weighted by Crippen LogP contribution is -2.11. The first-order valence-corrected chi connectivity index (χ1v) is 11.1. The van der Waals surface area contributed by atoms with Crippen LogP contribution < -0.4 is 10.5 Å². The number of benzene rings is 3. The molecule has 0 heterocycles. The monoisotopic (exact) mass is 593 g/mol. The van der Waals surface area contributed by atoms with Crippen LogP contribution in [0, 0.1) is 0 Å². The van der Waals surface area contributed by atoms with Crippen molar-refractivity contribution in [3.8, 4) is 5.75 Å². The van der Waals surface area contributed by atoms with Crippen molar-refractivity contribution in [1.29, 1.82) is 0 Å². The minimum Gasteiger partial charge on any atom is -0.497 e. The molecule has 0 aliphatic carbocycles. The zero-order valence-corrected chi connectivity index (χ0v) is 20.8. The molecule has 3 N–H and O–H groups in total. The van der Waals surface area contributed by atoms with Crippen LogP contribution >= 0.6 is 15.9 Å². The number of hydrogen-bond donors (Lipinski definition) is 2. The van der Waals surface area contributed by atoms with Crippen LogP contribution in [0.4, 0.5) is 26.3 Å². The lowest BCUT2D eigenvalue weighted by atomic mass is 10.1. The van der Waals surface area contributed by atoms with Crippen molar-refractivity contribution in [3.63, 3.8) is 0 Å². The van der Waals surface area contributed by atoms with Crippen LogP contribution in [0.1, 0.15) is 37.4 Å². The third-order valence-corrected chi connectivity index (χ3v) is 4.96. The first-order chi connectivity index (χ1) is 17.2. The molecule has 12 heteroatoms. The number of halogens is 7. The minimum atomic E-state index is -4.92. The van der Waals surface area contributed by atoms with E-state index in [0.29, 0.717) is 24.2 Å². The molecule has 200 valence electrons. The number of rotatable bonds is 5. The van der Waals surface area contributed by atoms with Crippen LogP contribution in [-0.4, -0.2) is 31.0 Å². The van der Waals surface area contributed by atoms with E-state index in [9.17, 15) is 35.9 Å². The SMILES string of the molecule is COc1ccc(CCN)cc1.O=C(O)c1ccc(Br)cc1.O=Cc1cc(C(F)(F)F)cc(C(F)(F)F)c1. The number of carbonyl (C=O) groups is 2. The number of ether oxygens (including phenoxy) is 1. The summed E-state index contributed by atoms with van der Waals surface area (Å²) >= 11 is 3.20. The van der Waals surface area contributed by atoms with Gasteiger partial charge in [-0.1, -0.05) is 28.1 Å². The van der Waals surface area contributed by atoms with Crippen molar-refractivity contribution in [2.24, 2.45) is 5.73 Å². The molecule has 0 unspecified atom stereocenters. The Bertz CT molecular complexity index is 1120. The van der Waals surface area contributed by atoms with E-state index in [4.69, 9.17) is 15.6 Å². The highest BCUT2D eigenvalue weighted by molar-refractivity contribution is 9.10. The van der Waals surface area contributed by atoms with Gasteiger partial charge in [0.25, 0.3) is 0 Å². The summed E-state index contributed by atoms with van der Waals surface area (Å²) < 4.78 is 79.0. The van der Waals surface area contributed by atoms with E-state index in [2.05, 4.69) is 15.9 Å². The maximum absolute atomic E-state index is 12.2. The van der Waals surface area contributed by atoms with E-state index >= 15 is 0 Å². The van der Waals surface area contributed by atoms with E-state index in [1.54, 1.807) is 31.4 Å². The van der Waals surface area contributed by atoms with Gasteiger partial charge in [-0.3, -0.25) is 4.79 Å². The molecule has 0 fully saturated rings. The summed E-state index contributed by atoms with van der Waals surface area (Å²) in [4.78, 5) is 20.5. The third kappa shape index (κ3) is 11.5. The molecule has 0 saturated carbocycles. The van der Waals surface area contributed by atoms with Crippen molar-refractivity contribution >= 4 is 28.2 Å². The first kappa shape index (κ1) is 31.6. The van der Waals surface area contributed by atoms with Gasteiger partial charge in [-0.05, 0) is 73.1 Å². The number of methoxy groups -OCH3 is 1. The molecule has 0 spiro atoms. The lowest BCUT2D eigenvalue weighted by Gasteiger charge is -2.12. The maximum atomic E-state index is 12.2. The van der Waals surface area contributed by atoms with E-state index in [1.807, 2.05) is 24.3 Å². The van der Waals surface area contributed by atoms with Crippen LogP contribution in [-0.2, 0) is 18.8 Å². The Kier molecular flexibility index (Phi) is 12.3. The number of aldehydes is 1. The van der Waals surface area contributed by atoms with Crippen LogP contribution in [0.25, 0.3) is 0 Å². The second kappa shape index (κ2) is 14.4. The molecule has 3 rings (SSSR count). The molecule has 0 aliphatic rings. The van der Waals surface area contributed by atoms with Gasteiger partial charge < -0.3 is 15.6 Å². The van der Waals surface area contributed by atoms with Crippen LogP contribution in [0.2, 0.25) is 0 Å². The van der Waals surface area contributed by atoms with Gasteiger partial charge in [-0.2, -0.15) is 26.3 Å². The molecule has 0 atom stereocenters. The summed E-state index contributed by atoms with van der Waals surface area (Å²) in [6.45, 7) is 0.701. The molecule has 0 amide bonds. The van der Waals surface area contributed by atoms with E-state index in [1.165, 1.54) is 5.56 Å². The number of carboxylic acids is 1. The van der Waals surface area contributed by atoms with Crippen molar-refractivity contribution in [2.45, 2.75) is 18.8 Å². The summed E-state index contributed by atoms with van der Waals surface area (Å²) in [5.74, 6) is -0.00160. The first-order valence-electron chi connectivity index (χ1n) is 10.3. The molecule has 0 aliphatic heterocycles. The van der Waals surface area contributed by atoms with Gasteiger partial charge in [0.2, 0.25) is 0 Å². The smallest absolute Gasteiger partial charge is 0.416 e. The van der Waals surface area contributed by atoms with Crippen molar-refractivity contribution in [1.82, 2.24) is 0 Å².